The summed E-state index contributed by atoms with van der Waals surface area (Å²) in [6, 6.07) is 8.01. The molecule has 0 saturated heterocycles. The standard InChI is InChI=1S/C11H13NO2.ClH/c1-12-7-8(6-11(13)14)9-4-2-3-5-10(9)12;/h2-5,8H,6-7H2,1H3,(H,13,14);1H. The Kier molecular flexibility index (Phi) is 3.58. The average Bonchev–Trinajstić information content (AvgIpc) is 2.44. The Morgan fingerprint density at radius 1 is 1.53 bits per heavy atom. The van der Waals surface area contributed by atoms with Crippen molar-refractivity contribution < 1.29 is 9.90 Å². The first-order valence-corrected chi connectivity index (χ1v) is 4.70. The first-order chi connectivity index (χ1) is 6.68. The number of anilines is 1. The van der Waals surface area contributed by atoms with Crippen LogP contribution in [-0.2, 0) is 4.79 Å². The van der Waals surface area contributed by atoms with Crippen LogP contribution in [0.3, 0.4) is 0 Å². The van der Waals surface area contributed by atoms with Gasteiger partial charge in [-0.05, 0) is 11.6 Å². The molecule has 0 aliphatic carbocycles. The van der Waals surface area contributed by atoms with E-state index in [1.165, 1.54) is 5.69 Å². The second kappa shape index (κ2) is 4.53. The van der Waals surface area contributed by atoms with Crippen molar-refractivity contribution in [2.75, 3.05) is 18.5 Å². The molecule has 0 bridgehead atoms. The monoisotopic (exact) mass is 227 g/mol. The number of carbonyl (C=O) groups is 1. The van der Waals surface area contributed by atoms with E-state index in [0.717, 1.165) is 12.1 Å². The van der Waals surface area contributed by atoms with Gasteiger partial charge >= 0.3 is 5.97 Å². The number of halogens is 1. The molecule has 1 aliphatic heterocycles. The first-order valence-electron chi connectivity index (χ1n) is 4.70. The SMILES string of the molecule is CN1CC(CC(=O)O)c2ccccc21.Cl. The Morgan fingerprint density at radius 3 is 2.87 bits per heavy atom. The Labute approximate surface area is 95.1 Å². The lowest BCUT2D eigenvalue weighted by molar-refractivity contribution is -0.137. The summed E-state index contributed by atoms with van der Waals surface area (Å²) in [5.74, 6) is -0.575. The quantitative estimate of drug-likeness (QED) is 0.842. The number of fused-ring (bicyclic) bond motifs is 1. The van der Waals surface area contributed by atoms with Crippen LogP contribution in [0.1, 0.15) is 17.9 Å². The molecule has 1 aromatic carbocycles. The van der Waals surface area contributed by atoms with E-state index in [9.17, 15) is 4.79 Å². The van der Waals surface area contributed by atoms with Gasteiger partial charge < -0.3 is 10.0 Å². The molecule has 4 heteroatoms. The fourth-order valence-electron chi connectivity index (χ4n) is 2.09. The van der Waals surface area contributed by atoms with Crippen LogP contribution in [0.25, 0.3) is 0 Å². The smallest absolute Gasteiger partial charge is 0.304 e. The number of carboxylic acids is 1. The van der Waals surface area contributed by atoms with Gasteiger partial charge in [0.05, 0.1) is 6.42 Å². The maximum absolute atomic E-state index is 10.7. The van der Waals surface area contributed by atoms with E-state index in [1.54, 1.807) is 0 Å². The summed E-state index contributed by atoms with van der Waals surface area (Å²) in [7, 11) is 2.00. The van der Waals surface area contributed by atoms with E-state index < -0.39 is 5.97 Å². The highest BCUT2D eigenvalue weighted by atomic mass is 35.5. The number of hydrogen-bond acceptors (Lipinski definition) is 2. The van der Waals surface area contributed by atoms with Gasteiger partial charge in [0.1, 0.15) is 0 Å². The molecule has 1 heterocycles. The largest absolute Gasteiger partial charge is 0.481 e. The predicted molar refractivity (Wildman–Crippen MR) is 62.0 cm³/mol. The Morgan fingerprint density at radius 2 is 2.20 bits per heavy atom. The van der Waals surface area contributed by atoms with Crippen molar-refractivity contribution in [1.82, 2.24) is 0 Å². The molecule has 1 unspecified atom stereocenters. The minimum atomic E-state index is -0.722. The molecule has 82 valence electrons. The normalized spacial score (nSPS) is 18.2. The van der Waals surface area contributed by atoms with Crippen molar-refractivity contribution in [3.63, 3.8) is 0 Å². The molecule has 0 aromatic heterocycles. The van der Waals surface area contributed by atoms with Gasteiger partial charge in [0.2, 0.25) is 0 Å². The van der Waals surface area contributed by atoms with Gasteiger partial charge in [-0.15, -0.1) is 12.4 Å². The lowest BCUT2D eigenvalue weighted by Crippen LogP contribution is -2.16. The summed E-state index contributed by atoms with van der Waals surface area (Å²) in [5, 5.41) is 8.77. The van der Waals surface area contributed by atoms with Crippen molar-refractivity contribution in [2.45, 2.75) is 12.3 Å². The highest BCUT2D eigenvalue weighted by molar-refractivity contribution is 5.85. The summed E-state index contributed by atoms with van der Waals surface area (Å²) in [6.07, 6.45) is 0.224. The number of carboxylic acid groups (broad SMARTS) is 1. The second-order valence-electron chi connectivity index (χ2n) is 3.73. The molecule has 1 aliphatic rings. The molecule has 1 N–H and O–H groups in total. The molecule has 0 spiro atoms. The third kappa shape index (κ3) is 2.23. The van der Waals surface area contributed by atoms with Crippen LogP contribution in [0.5, 0.6) is 0 Å². The molecule has 1 atom stereocenters. The number of nitrogens with zero attached hydrogens (tertiary/aromatic N) is 1. The molecule has 0 radical (unpaired) electrons. The van der Waals surface area contributed by atoms with Crippen molar-refractivity contribution in [2.24, 2.45) is 0 Å². The number of para-hydroxylation sites is 1. The predicted octanol–water partition coefficient (Wildman–Crippen LogP) is 2.12. The number of rotatable bonds is 2. The highest BCUT2D eigenvalue weighted by Crippen LogP contribution is 2.36. The van der Waals surface area contributed by atoms with Gasteiger partial charge in [0.25, 0.3) is 0 Å². The lowest BCUT2D eigenvalue weighted by Gasteiger charge is -2.11. The minimum absolute atomic E-state index is 0. The molecule has 15 heavy (non-hydrogen) atoms. The summed E-state index contributed by atoms with van der Waals surface area (Å²) < 4.78 is 0. The fraction of sp³-hybridized carbons (Fsp3) is 0.364. The zero-order valence-corrected chi connectivity index (χ0v) is 9.33. The summed E-state index contributed by atoms with van der Waals surface area (Å²) >= 11 is 0. The van der Waals surface area contributed by atoms with E-state index >= 15 is 0 Å². The minimum Gasteiger partial charge on any atom is -0.481 e. The van der Waals surface area contributed by atoms with E-state index in [0.29, 0.717) is 0 Å². The fourth-order valence-corrected chi connectivity index (χ4v) is 2.09. The number of likely N-dealkylation sites (N-methyl/N-ethyl adjacent to an activating group) is 1. The maximum Gasteiger partial charge on any atom is 0.304 e. The topological polar surface area (TPSA) is 40.5 Å². The highest BCUT2D eigenvalue weighted by Gasteiger charge is 2.27. The van der Waals surface area contributed by atoms with Gasteiger partial charge in [-0.25, -0.2) is 0 Å². The average molecular weight is 228 g/mol. The summed E-state index contributed by atoms with van der Waals surface area (Å²) in [4.78, 5) is 12.8. The van der Waals surface area contributed by atoms with Crippen molar-refractivity contribution in [3.05, 3.63) is 29.8 Å². The van der Waals surface area contributed by atoms with Crippen LogP contribution in [0, 0.1) is 0 Å². The van der Waals surface area contributed by atoms with Gasteiger partial charge in [-0.1, -0.05) is 18.2 Å². The van der Waals surface area contributed by atoms with Crippen LogP contribution in [0.15, 0.2) is 24.3 Å². The zero-order chi connectivity index (χ0) is 10.1. The third-order valence-corrected chi connectivity index (χ3v) is 2.70. The maximum atomic E-state index is 10.7. The van der Waals surface area contributed by atoms with Crippen LogP contribution in [0.4, 0.5) is 5.69 Å². The number of aliphatic carboxylic acids is 1. The number of benzene rings is 1. The Bertz CT molecular complexity index is 367. The second-order valence-corrected chi connectivity index (χ2v) is 3.73. The zero-order valence-electron chi connectivity index (χ0n) is 8.51. The molecular weight excluding hydrogens is 214 g/mol. The lowest BCUT2D eigenvalue weighted by atomic mass is 9.98. The van der Waals surface area contributed by atoms with E-state index in [4.69, 9.17) is 5.11 Å². The summed E-state index contributed by atoms with van der Waals surface area (Å²) in [5.41, 5.74) is 2.33. The van der Waals surface area contributed by atoms with Crippen molar-refractivity contribution in [3.8, 4) is 0 Å². The molecule has 1 aromatic rings. The molecule has 2 rings (SSSR count). The molecule has 3 nitrogen and oxygen atoms in total. The van der Waals surface area contributed by atoms with E-state index in [1.807, 2.05) is 31.3 Å². The third-order valence-electron chi connectivity index (χ3n) is 2.70. The Hall–Kier alpha value is -1.22. The van der Waals surface area contributed by atoms with Gasteiger partial charge in [0, 0.05) is 25.2 Å². The van der Waals surface area contributed by atoms with E-state index in [2.05, 4.69) is 4.90 Å². The molecule has 0 amide bonds. The first kappa shape index (κ1) is 11.9. The van der Waals surface area contributed by atoms with Crippen LogP contribution in [0.2, 0.25) is 0 Å². The van der Waals surface area contributed by atoms with Crippen LogP contribution in [-0.4, -0.2) is 24.7 Å². The molecular formula is C11H14ClNO2. The van der Waals surface area contributed by atoms with Gasteiger partial charge in [-0.3, -0.25) is 4.79 Å². The van der Waals surface area contributed by atoms with Gasteiger partial charge in [0.15, 0.2) is 0 Å². The van der Waals surface area contributed by atoms with Crippen molar-refractivity contribution in [1.29, 1.82) is 0 Å². The molecule has 0 saturated carbocycles. The van der Waals surface area contributed by atoms with Crippen molar-refractivity contribution >= 4 is 24.1 Å². The summed E-state index contributed by atoms with van der Waals surface area (Å²) in [6.45, 7) is 0.811. The molecule has 0 fully saturated rings. The van der Waals surface area contributed by atoms with Gasteiger partial charge in [-0.2, -0.15) is 0 Å². The van der Waals surface area contributed by atoms with Crippen LogP contribution >= 0.6 is 12.4 Å². The number of hydrogen-bond donors (Lipinski definition) is 1. The van der Waals surface area contributed by atoms with Crippen LogP contribution < -0.4 is 4.90 Å². The van der Waals surface area contributed by atoms with E-state index in [-0.39, 0.29) is 24.7 Å². The Balaban J connectivity index is 0.00000112.